The van der Waals surface area contributed by atoms with Gasteiger partial charge in [-0.15, -0.1) is 11.3 Å². The lowest BCUT2D eigenvalue weighted by molar-refractivity contribution is 0.111. The smallest absolute Gasteiger partial charge is 0.0977 e. The van der Waals surface area contributed by atoms with Crippen LogP contribution in [0, 0.1) is 0 Å². The molecule has 1 aliphatic rings. The van der Waals surface area contributed by atoms with E-state index in [0.717, 1.165) is 29.3 Å². The van der Waals surface area contributed by atoms with Gasteiger partial charge in [-0.05, 0) is 23.8 Å². The summed E-state index contributed by atoms with van der Waals surface area (Å²) in [7, 11) is 0. The zero-order chi connectivity index (χ0) is 9.26. The minimum absolute atomic E-state index is 0.238. The van der Waals surface area contributed by atoms with Crippen LogP contribution in [0.5, 0.6) is 0 Å². The first-order valence-electron chi connectivity index (χ1n) is 4.40. The number of halogens is 1. The van der Waals surface area contributed by atoms with Crippen molar-refractivity contribution in [3.63, 3.8) is 0 Å². The summed E-state index contributed by atoms with van der Waals surface area (Å²) >= 11 is 7.55. The Morgan fingerprint density at radius 1 is 1.69 bits per heavy atom. The number of rotatable bonds is 2. The second-order valence-corrected chi connectivity index (χ2v) is 4.63. The lowest BCUT2D eigenvalue weighted by atomic mass is 10.1. The first-order chi connectivity index (χ1) is 6.33. The first kappa shape index (κ1) is 9.46. The molecule has 1 aromatic rings. The van der Waals surface area contributed by atoms with Crippen molar-refractivity contribution < 1.29 is 4.74 Å². The van der Waals surface area contributed by atoms with E-state index in [-0.39, 0.29) is 6.10 Å². The van der Waals surface area contributed by atoms with E-state index in [1.807, 2.05) is 0 Å². The topological polar surface area (TPSA) is 35.2 Å². The molecule has 0 spiro atoms. The summed E-state index contributed by atoms with van der Waals surface area (Å²) in [5.74, 6) is 0. The lowest BCUT2D eigenvalue weighted by Crippen LogP contribution is -2.03. The normalized spacial score (nSPS) is 22.5. The molecule has 2 heterocycles. The fraction of sp³-hybridized carbons (Fsp3) is 0.556. The molecule has 0 bridgehead atoms. The Kier molecular flexibility index (Phi) is 2.89. The molecule has 72 valence electrons. The number of ether oxygens (including phenoxy) is 1. The van der Waals surface area contributed by atoms with E-state index in [2.05, 4.69) is 5.38 Å². The van der Waals surface area contributed by atoms with Gasteiger partial charge < -0.3 is 10.5 Å². The summed E-state index contributed by atoms with van der Waals surface area (Å²) in [5, 5.41) is 2.07. The molecule has 1 unspecified atom stereocenters. The third-order valence-electron chi connectivity index (χ3n) is 2.36. The summed E-state index contributed by atoms with van der Waals surface area (Å²) in [6.45, 7) is 1.37. The molecule has 0 saturated carbocycles. The van der Waals surface area contributed by atoms with Gasteiger partial charge >= 0.3 is 0 Å². The maximum absolute atomic E-state index is 6.01. The van der Waals surface area contributed by atoms with Gasteiger partial charge in [0.05, 0.1) is 10.4 Å². The fourth-order valence-corrected chi connectivity index (χ4v) is 2.85. The van der Waals surface area contributed by atoms with E-state index in [0.29, 0.717) is 6.54 Å². The summed E-state index contributed by atoms with van der Waals surface area (Å²) in [6.07, 6.45) is 2.48. The van der Waals surface area contributed by atoms with Gasteiger partial charge in [0.25, 0.3) is 0 Å². The Bertz CT molecular complexity index is 294. The molecule has 1 fully saturated rings. The Labute approximate surface area is 86.6 Å². The van der Waals surface area contributed by atoms with Crippen LogP contribution in [-0.4, -0.2) is 6.61 Å². The van der Waals surface area contributed by atoms with Gasteiger partial charge in [-0.1, -0.05) is 11.6 Å². The predicted molar refractivity (Wildman–Crippen MR) is 55.1 cm³/mol. The third-order valence-corrected chi connectivity index (χ3v) is 3.68. The molecule has 2 rings (SSSR count). The molecule has 0 aromatic carbocycles. The fourth-order valence-electron chi connectivity index (χ4n) is 1.66. The highest BCUT2D eigenvalue weighted by Crippen LogP contribution is 2.37. The molecule has 0 radical (unpaired) electrons. The summed E-state index contributed by atoms with van der Waals surface area (Å²) in [5.41, 5.74) is 7.90. The van der Waals surface area contributed by atoms with Crippen LogP contribution in [0.25, 0.3) is 0 Å². The number of hydrogen-bond donors (Lipinski definition) is 1. The second kappa shape index (κ2) is 3.96. The highest BCUT2D eigenvalue weighted by molar-refractivity contribution is 7.14. The van der Waals surface area contributed by atoms with Crippen molar-refractivity contribution in [1.82, 2.24) is 0 Å². The highest BCUT2D eigenvalue weighted by Gasteiger charge is 2.22. The second-order valence-electron chi connectivity index (χ2n) is 3.15. The van der Waals surface area contributed by atoms with Crippen LogP contribution in [0.4, 0.5) is 0 Å². The Balaban J connectivity index is 2.27. The van der Waals surface area contributed by atoms with E-state index in [4.69, 9.17) is 22.1 Å². The van der Waals surface area contributed by atoms with Crippen LogP contribution in [0.3, 0.4) is 0 Å². The predicted octanol–water partition coefficient (Wildman–Crippen LogP) is 2.71. The van der Waals surface area contributed by atoms with E-state index in [1.165, 1.54) is 5.56 Å². The van der Waals surface area contributed by atoms with E-state index >= 15 is 0 Å². The summed E-state index contributed by atoms with van der Waals surface area (Å²) in [6, 6.07) is 0. The van der Waals surface area contributed by atoms with Crippen LogP contribution < -0.4 is 5.73 Å². The van der Waals surface area contributed by atoms with Crippen molar-refractivity contribution in [3.8, 4) is 0 Å². The van der Waals surface area contributed by atoms with E-state index < -0.39 is 0 Å². The zero-order valence-corrected chi connectivity index (χ0v) is 8.83. The number of hydrogen-bond acceptors (Lipinski definition) is 3. The standard InChI is InChI=1S/C9H12ClNOS/c10-9-6(4-11)7(5-13-9)8-2-1-3-12-8/h5,8H,1-4,11H2. The third kappa shape index (κ3) is 1.74. The SMILES string of the molecule is NCc1c(C2CCCO2)csc1Cl. The molecule has 4 heteroatoms. The summed E-state index contributed by atoms with van der Waals surface area (Å²) < 4.78 is 6.40. The maximum atomic E-state index is 6.01. The molecule has 1 aromatic heterocycles. The molecule has 0 aliphatic carbocycles. The van der Waals surface area contributed by atoms with Gasteiger partial charge in [-0.2, -0.15) is 0 Å². The average molecular weight is 218 g/mol. The van der Waals surface area contributed by atoms with E-state index in [9.17, 15) is 0 Å². The van der Waals surface area contributed by atoms with Gasteiger partial charge in [0.1, 0.15) is 0 Å². The van der Waals surface area contributed by atoms with Gasteiger partial charge in [-0.25, -0.2) is 0 Å². The van der Waals surface area contributed by atoms with Crippen LogP contribution in [-0.2, 0) is 11.3 Å². The van der Waals surface area contributed by atoms with Crippen LogP contribution in [0.2, 0.25) is 4.34 Å². The maximum Gasteiger partial charge on any atom is 0.0977 e. The van der Waals surface area contributed by atoms with Crippen molar-refractivity contribution in [2.45, 2.75) is 25.5 Å². The van der Waals surface area contributed by atoms with Crippen molar-refractivity contribution in [2.75, 3.05) is 6.61 Å². The Morgan fingerprint density at radius 2 is 2.54 bits per heavy atom. The number of nitrogens with two attached hydrogens (primary N) is 1. The lowest BCUT2D eigenvalue weighted by Gasteiger charge is -2.09. The molecule has 1 aliphatic heterocycles. The first-order valence-corrected chi connectivity index (χ1v) is 5.66. The van der Waals surface area contributed by atoms with Gasteiger partial charge in [0.15, 0.2) is 0 Å². The van der Waals surface area contributed by atoms with Gasteiger partial charge in [0, 0.05) is 18.7 Å². The molecular formula is C9H12ClNOS. The van der Waals surface area contributed by atoms with Crippen LogP contribution in [0.1, 0.15) is 30.1 Å². The van der Waals surface area contributed by atoms with Gasteiger partial charge in [-0.3, -0.25) is 0 Å². The largest absolute Gasteiger partial charge is 0.373 e. The van der Waals surface area contributed by atoms with Crippen molar-refractivity contribution in [3.05, 3.63) is 20.8 Å². The number of thiophene rings is 1. The average Bonchev–Trinajstić information content (AvgIpc) is 2.71. The zero-order valence-electron chi connectivity index (χ0n) is 7.25. The van der Waals surface area contributed by atoms with Crippen molar-refractivity contribution >= 4 is 22.9 Å². The molecule has 1 atom stereocenters. The molecule has 1 saturated heterocycles. The quantitative estimate of drug-likeness (QED) is 0.827. The molecule has 2 N–H and O–H groups in total. The highest BCUT2D eigenvalue weighted by atomic mass is 35.5. The van der Waals surface area contributed by atoms with Crippen molar-refractivity contribution in [1.29, 1.82) is 0 Å². The molecule has 13 heavy (non-hydrogen) atoms. The minimum atomic E-state index is 0.238. The molecule has 2 nitrogen and oxygen atoms in total. The van der Waals surface area contributed by atoms with E-state index in [1.54, 1.807) is 11.3 Å². The monoisotopic (exact) mass is 217 g/mol. The van der Waals surface area contributed by atoms with Crippen molar-refractivity contribution in [2.24, 2.45) is 5.73 Å². The minimum Gasteiger partial charge on any atom is -0.373 e. The van der Waals surface area contributed by atoms with Crippen LogP contribution >= 0.6 is 22.9 Å². The Hall–Kier alpha value is -0.0900. The molecular weight excluding hydrogens is 206 g/mol. The van der Waals surface area contributed by atoms with Gasteiger partial charge in [0.2, 0.25) is 0 Å². The molecule has 0 amide bonds. The van der Waals surface area contributed by atoms with Crippen LogP contribution in [0.15, 0.2) is 5.38 Å². The Morgan fingerprint density at radius 3 is 3.15 bits per heavy atom. The summed E-state index contributed by atoms with van der Waals surface area (Å²) in [4.78, 5) is 0.